The molecule has 0 aliphatic carbocycles. The van der Waals surface area contributed by atoms with Crippen LogP contribution in [-0.4, -0.2) is 68.8 Å². The van der Waals surface area contributed by atoms with Crippen molar-refractivity contribution in [1.29, 1.82) is 0 Å². The van der Waals surface area contributed by atoms with Gasteiger partial charge >= 0.3 is 5.97 Å². The van der Waals surface area contributed by atoms with E-state index in [9.17, 15) is 14.4 Å². The van der Waals surface area contributed by atoms with E-state index in [1.165, 1.54) is 4.68 Å². The monoisotopic (exact) mass is 498 g/mol. The minimum absolute atomic E-state index is 0.00294. The molecule has 188 valence electrons. The maximum absolute atomic E-state index is 13.2. The van der Waals surface area contributed by atoms with E-state index in [1.54, 1.807) is 54.5 Å². The molecule has 10 nitrogen and oxygen atoms in total. The van der Waals surface area contributed by atoms with Gasteiger partial charge in [-0.2, -0.15) is 5.10 Å². The van der Waals surface area contributed by atoms with E-state index in [0.29, 0.717) is 42.9 Å². The summed E-state index contributed by atoms with van der Waals surface area (Å²) < 4.78 is 6.83. The number of rotatable bonds is 6. The number of fused-ring (bicyclic) bond motifs is 1. The summed E-state index contributed by atoms with van der Waals surface area (Å²) in [4.78, 5) is 51.5. The highest BCUT2D eigenvalue weighted by atomic mass is 16.5. The molecule has 5 rings (SSSR count). The van der Waals surface area contributed by atoms with Crippen LogP contribution in [0.1, 0.15) is 23.0 Å². The van der Waals surface area contributed by atoms with E-state index in [2.05, 4.69) is 15.1 Å². The van der Waals surface area contributed by atoms with Gasteiger partial charge in [0.05, 0.1) is 11.9 Å². The highest BCUT2D eigenvalue weighted by Crippen LogP contribution is 2.17. The van der Waals surface area contributed by atoms with Gasteiger partial charge < -0.3 is 14.5 Å². The fraction of sp³-hybridized carbons (Fsp3) is 0.259. The number of esters is 1. The van der Waals surface area contributed by atoms with Gasteiger partial charge in [0.1, 0.15) is 0 Å². The Morgan fingerprint density at radius 3 is 2.24 bits per heavy atom. The molecule has 3 heterocycles. The van der Waals surface area contributed by atoms with Gasteiger partial charge in [0.2, 0.25) is 5.95 Å². The van der Waals surface area contributed by atoms with Gasteiger partial charge in [0.25, 0.3) is 11.5 Å². The summed E-state index contributed by atoms with van der Waals surface area (Å²) in [6.07, 6.45) is 2.35. The first-order chi connectivity index (χ1) is 18.0. The second kappa shape index (κ2) is 10.6. The molecule has 4 aromatic rings. The minimum atomic E-state index is -1.01. The number of carbonyl (C=O) groups is 2. The molecule has 1 unspecified atom stereocenters. The Morgan fingerprint density at radius 1 is 0.892 bits per heavy atom. The molecule has 1 aliphatic heterocycles. The molecule has 1 atom stereocenters. The van der Waals surface area contributed by atoms with Gasteiger partial charge in [-0.05, 0) is 24.6 Å². The molecule has 1 amide bonds. The van der Waals surface area contributed by atoms with Crippen molar-refractivity contribution in [3.05, 3.63) is 94.7 Å². The number of ether oxygens (including phenoxy) is 1. The van der Waals surface area contributed by atoms with Crippen molar-refractivity contribution in [2.24, 2.45) is 0 Å². The van der Waals surface area contributed by atoms with Crippen molar-refractivity contribution >= 4 is 28.6 Å². The Labute approximate surface area is 213 Å². The molecular weight excluding hydrogens is 472 g/mol. The second-order valence-corrected chi connectivity index (χ2v) is 8.75. The SMILES string of the molecule is CC(OC(=O)c1nn(Cc2ccccc2)c(=O)c2ccccc12)C(=O)N1CCN(c2ncccn2)CC1. The van der Waals surface area contributed by atoms with Crippen LogP contribution in [0.15, 0.2) is 77.9 Å². The summed E-state index contributed by atoms with van der Waals surface area (Å²) in [7, 11) is 0. The number of amides is 1. The number of carbonyl (C=O) groups excluding carboxylic acids is 2. The Kier molecular flexibility index (Phi) is 6.89. The molecule has 0 bridgehead atoms. The van der Waals surface area contributed by atoms with Gasteiger partial charge in [-0.25, -0.2) is 19.4 Å². The third kappa shape index (κ3) is 5.18. The third-order valence-corrected chi connectivity index (χ3v) is 6.29. The molecule has 10 heteroatoms. The average molecular weight is 499 g/mol. The lowest BCUT2D eigenvalue weighted by Crippen LogP contribution is -2.52. The normalized spacial score (nSPS) is 14.4. The van der Waals surface area contributed by atoms with Gasteiger partial charge in [-0.3, -0.25) is 9.59 Å². The van der Waals surface area contributed by atoms with Crippen LogP contribution in [0.2, 0.25) is 0 Å². The Hall–Kier alpha value is -4.60. The van der Waals surface area contributed by atoms with Gasteiger partial charge in [-0.15, -0.1) is 0 Å². The largest absolute Gasteiger partial charge is 0.448 e. The number of hydrogen-bond acceptors (Lipinski definition) is 8. The second-order valence-electron chi connectivity index (χ2n) is 8.75. The van der Waals surface area contributed by atoms with Crippen LogP contribution in [0, 0.1) is 0 Å². The van der Waals surface area contributed by atoms with Gasteiger partial charge in [0.15, 0.2) is 11.8 Å². The highest BCUT2D eigenvalue weighted by Gasteiger charge is 2.29. The Bertz CT molecular complexity index is 1470. The number of anilines is 1. The molecule has 2 aromatic carbocycles. The van der Waals surface area contributed by atoms with Crippen molar-refractivity contribution in [1.82, 2.24) is 24.6 Å². The zero-order valence-electron chi connectivity index (χ0n) is 20.4. The van der Waals surface area contributed by atoms with Gasteiger partial charge in [-0.1, -0.05) is 48.5 Å². The number of nitrogens with zero attached hydrogens (tertiary/aromatic N) is 6. The summed E-state index contributed by atoms with van der Waals surface area (Å²) in [5.41, 5.74) is 0.563. The van der Waals surface area contributed by atoms with Crippen molar-refractivity contribution < 1.29 is 14.3 Å². The zero-order valence-corrected chi connectivity index (χ0v) is 20.4. The third-order valence-electron chi connectivity index (χ3n) is 6.29. The van der Waals surface area contributed by atoms with Crippen LogP contribution in [-0.2, 0) is 16.1 Å². The number of aromatic nitrogens is 4. The molecule has 0 saturated carbocycles. The molecular formula is C27H26N6O4. The summed E-state index contributed by atoms with van der Waals surface area (Å²) in [5, 5.41) is 5.10. The molecule has 0 spiro atoms. The fourth-order valence-corrected chi connectivity index (χ4v) is 4.35. The van der Waals surface area contributed by atoms with E-state index < -0.39 is 12.1 Å². The van der Waals surface area contributed by atoms with Crippen LogP contribution in [0.4, 0.5) is 5.95 Å². The summed E-state index contributed by atoms with van der Waals surface area (Å²) in [6.45, 7) is 3.83. The quantitative estimate of drug-likeness (QED) is 0.372. The van der Waals surface area contributed by atoms with E-state index in [-0.39, 0.29) is 23.7 Å². The lowest BCUT2D eigenvalue weighted by atomic mass is 10.1. The predicted molar refractivity (Wildman–Crippen MR) is 137 cm³/mol. The van der Waals surface area contributed by atoms with E-state index in [0.717, 1.165) is 5.56 Å². The maximum atomic E-state index is 13.2. The van der Waals surface area contributed by atoms with Crippen LogP contribution in [0.25, 0.3) is 10.8 Å². The minimum Gasteiger partial charge on any atom is -0.448 e. The van der Waals surface area contributed by atoms with Crippen molar-refractivity contribution in [3.8, 4) is 0 Å². The highest BCUT2D eigenvalue weighted by molar-refractivity contribution is 6.02. The number of benzene rings is 2. The first kappa shape index (κ1) is 24.1. The lowest BCUT2D eigenvalue weighted by molar-refractivity contribution is -0.140. The first-order valence-electron chi connectivity index (χ1n) is 12.1. The molecule has 2 aromatic heterocycles. The standard InChI is InChI=1S/C27H26N6O4/c1-19(24(34)31-14-16-32(17-15-31)27-28-12-7-13-29-27)37-26(36)23-21-10-5-6-11-22(21)25(35)33(30-23)18-20-8-3-2-4-9-20/h2-13,19H,14-18H2,1H3. The van der Waals surface area contributed by atoms with E-state index >= 15 is 0 Å². The van der Waals surface area contributed by atoms with Crippen LogP contribution >= 0.6 is 0 Å². The molecule has 1 fully saturated rings. The Morgan fingerprint density at radius 2 is 1.54 bits per heavy atom. The fourth-order valence-electron chi connectivity index (χ4n) is 4.35. The number of piperazine rings is 1. The average Bonchev–Trinajstić information content (AvgIpc) is 2.95. The van der Waals surface area contributed by atoms with Gasteiger partial charge in [0, 0.05) is 44.0 Å². The smallest absolute Gasteiger partial charge is 0.360 e. The van der Waals surface area contributed by atoms with Crippen molar-refractivity contribution in [2.45, 2.75) is 19.6 Å². The molecule has 0 radical (unpaired) electrons. The topological polar surface area (TPSA) is 111 Å². The lowest BCUT2D eigenvalue weighted by Gasteiger charge is -2.35. The molecule has 0 N–H and O–H groups in total. The first-order valence-corrected chi connectivity index (χ1v) is 12.1. The molecule has 1 saturated heterocycles. The van der Waals surface area contributed by atoms with Crippen LogP contribution in [0.3, 0.4) is 0 Å². The maximum Gasteiger partial charge on any atom is 0.360 e. The zero-order chi connectivity index (χ0) is 25.8. The molecule has 1 aliphatic rings. The summed E-state index contributed by atoms with van der Waals surface area (Å²) in [6, 6.07) is 17.9. The van der Waals surface area contributed by atoms with Crippen molar-refractivity contribution in [3.63, 3.8) is 0 Å². The number of hydrogen-bond donors (Lipinski definition) is 0. The van der Waals surface area contributed by atoms with E-state index in [4.69, 9.17) is 4.74 Å². The predicted octanol–water partition coefficient (Wildman–Crippen LogP) is 2.13. The molecule has 37 heavy (non-hydrogen) atoms. The summed E-state index contributed by atoms with van der Waals surface area (Å²) >= 11 is 0. The van der Waals surface area contributed by atoms with Crippen molar-refractivity contribution in [2.75, 3.05) is 31.1 Å². The van der Waals surface area contributed by atoms with Crippen LogP contribution < -0.4 is 10.5 Å². The van der Waals surface area contributed by atoms with Crippen LogP contribution in [0.5, 0.6) is 0 Å². The summed E-state index contributed by atoms with van der Waals surface area (Å²) in [5.74, 6) is -0.420. The van der Waals surface area contributed by atoms with E-state index in [1.807, 2.05) is 35.2 Å². The Balaban J connectivity index is 1.31.